The molecule has 0 radical (unpaired) electrons. The average Bonchev–Trinajstić information content (AvgIpc) is 3.02. The lowest BCUT2D eigenvalue weighted by molar-refractivity contribution is -0.133. The molecule has 33 heavy (non-hydrogen) atoms. The molecule has 182 valence electrons. The molecule has 2 N–H and O–H groups in total. The minimum absolute atomic E-state index is 0.00841. The molecule has 0 aromatic heterocycles. The summed E-state index contributed by atoms with van der Waals surface area (Å²) < 4.78 is 26.4. The molecule has 1 atom stereocenters. The number of hydrogen-bond acceptors (Lipinski definition) is 5. The average molecular weight is 479 g/mol. The van der Waals surface area contributed by atoms with Gasteiger partial charge >= 0.3 is 0 Å². The number of nitrogens with zero attached hydrogens (tertiary/aromatic N) is 2. The summed E-state index contributed by atoms with van der Waals surface area (Å²) in [7, 11) is -3.67. The van der Waals surface area contributed by atoms with Crippen molar-refractivity contribution in [2.75, 3.05) is 29.1 Å². The Morgan fingerprint density at radius 3 is 2.24 bits per heavy atom. The van der Waals surface area contributed by atoms with E-state index in [2.05, 4.69) is 10.6 Å². The lowest BCUT2D eigenvalue weighted by Crippen LogP contribution is -2.70. The molecule has 2 fully saturated rings. The number of anilines is 2. The van der Waals surface area contributed by atoms with Crippen molar-refractivity contribution >= 4 is 39.1 Å². The van der Waals surface area contributed by atoms with Gasteiger partial charge in [0, 0.05) is 30.9 Å². The molecule has 0 bridgehead atoms. The van der Waals surface area contributed by atoms with E-state index in [4.69, 9.17) is 0 Å². The molecular weight excluding hydrogens is 444 g/mol. The van der Waals surface area contributed by atoms with Crippen molar-refractivity contribution in [1.82, 2.24) is 9.62 Å². The summed E-state index contributed by atoms with van der Waals surface area (Å²) in [6, 6.07) is 6.63. The van der Waals surface area contributed by atoms with Crippen LogP contribution in [0.5, 0.6) is 0 Å². The molecule has 0 unspecified atom stereocenters. The van der Waals surface area contributed by atoms with Crippen molar-refractivity contribution in [3.8, 4) is 0 Å². The smallest absolute Gasteiger partial charge is 0.247 e. The summed E-state index contributed by atoms with van der Waals surface area (Å²) in [6.45, 7) is 4.10. The molecular formula is C23H34N4O5S. The van der Waals surface area contributed by atoms with Crippen LogP contribution in [0.1, 0.15) is 59.3 Å². The first-order chi connectivity index (χ1) is 15.6. The third-order valence-electron chi connectivity index (χ3n) is 6.42. The maximum Gasteiger partial charge on any atom is 0.247 e. The first-order valence-electron chi connectivity index (χ1n) is 11.6. The molecule has 1 aromatic carbocycles. The van der Waals surface area contributed by atoms with Crippen LogP contribution >= 0.6 is 0 Å². The van der Waals surface area contributed by atoms with E-state index in [1.54, 1.807) is 31.2 Å². The second kappa shape index (κ2) is 10.2. The van der Waals surface area contributed by atoms with Crippen LogP contribution < -0.4 is 15.5 Å². The number of carbonyl (C=O) groups excluding carboxylic acids is 3. The molecule has 1 saturated carbocycles. The Morgan fingerprint density at radius 1 is 1.09 bits per heavy atom. The molecule has 1 aliphatic carbocycles. The molecule has 1 saturated heterocycles. The van der Waals surface area contributed by atoms with Gasteiger partial charge in [-0.05, 0) is 51.0 Å². The first-order valence-corrected chi connectivity index (χ1v) is 13.2. The Bertz CT molecular complexity index is 987. The second-order valence-corrected chi connectivity index (χ2v) is 11.3. The van der Waals surface area contributed by atoms with Gasteiger partial charge in [0.2, 0.25) is 27.7 Å². The van der Waals surface area contributed by atoms with Crippen molar-refractivity contribution in [3.05, 3.63) is 24.3 Å². The zero-order chi connectivity index (χ0) is 24.2. The first kappa shape index (κ1) is 25.2. The van der Waals surface area contributed by atoms with Crippen LogP contribution in [0.3, 0.4) is 0 Å². The fourth-order valence-electron chi connectivity index (χ4n) is 4.61. The summed E-state index contributed by atoms with van der Waals surface area (Å²) in [6.07, 6.45) is 6.08. The topological polar surface area (TPSA) is 116 Å². The number of piperazine rings is 1. The maximum atomic E-state index is 13.6. The van der Waals surface area contributed by atoms with Crippen LogP contribution in [0.4, 0.5) is 11.4 Å². The maximum absolute atomic E-state index is 13.6. The quantitative estimate of drug-likeness (QED) is 0.609. The molecule has 1 aliphatic heterocycles. The molecule has 10 heteroatoms. The van der Waals surface area contributed by atoms with Gasteiger partial charge in [-0.1, -0.05) is 25.7 Å². The van der Waals surface area contributed by atoms with Crippen LogP contribution in [0.15, 0.2) is 24.3 Å². The highest BCUT2D eigenvalue weighted by atomic mass is 32.2. The van der Waals surface area contributed by atoms with Gasteiger partial charge in [-0.3, -0.25) is 19.3 Å². The molecule has 0 spiro atoms. The van der Waals surface area contributed by atoms with E-state index in [-0.39, 0.29) is 36.7 Å². The standard InChI is InChI=1S/C23H34N4O5S/c1-4-33(31,32)26-15-21(29)27(20-13-11-19(12-14-20)24-17(2)28)23(3,16-26)22(30)25-18-9-7-5-6-8-10-18/h11-14,18H,4-10,15-16H2,1-3H3,(H,24,28)(H,25,30)/t23-/m1/s1. The van der Waals surface area contributed by atoms with Gasteiger partial charge in [0.25, 0.3) is 0 Å². The lowest BCUT2D eigenvalue weighted by atomic mass is 9.93. The summed E-state index contributed by atoms with van der Waals surface area (Å²) in [5.41, 5.74) is -0.379. The molecule has 3 rings (SSSR count). The number of benzene rings is 1. The normalized spacial score (nSPS) is 23.1. The number of amides is 3. The van der Waals surface area contributed by atoms with E-state index < -0.39 is 21.5 Å². The van der Waals surface area contributed by atoms with E-state index in [1.807, 2.05) is 0 Å². The minimum Gasteiger partial charge on any atom is -0.351 e. The van der Waals surface area contributed by atoms with Crippen molar-refractivity contribution in [3.63, 3.8) is 0 Å². The Morgan fingerprint density at radius 2 is 1.70 bits per heavy atom. The number of carbonyl (C=O) groups is 3. The second-order valence-electron chi connectivity index (χ2n) is 9.06. The zero-order valence-corrected chi connectivity index (χ0v) is 20.4. The van der Waals surface area contributed by atoms with E-state index in [0.717, 1.165) is 42.8 Å². The number of rotatable bonds is 6. The van der Waals surface area contributed by atoms with Gasteiger partial charge in [0.15, 0.2) is 0 Å². The lowest BCUT2D eigenvalue weighted by Gasteiger charge is -2.47. The van der Waals surface area contributed by atoms with Gasteiger partial charge in [0.1, 0.15) is 5.54 Å². The molecule has 1 aromatic rings. The number of sulfonamides is 1. The fourth-order valence-corrected chi connectivity index (χ4v) is 5.73. The third kappa shape index (κ3) is 5.73. The van der Waals surface area contributed by atoms with E-state index in [9.17, 15) is 22.8 Å². The van der Waals surface area contributed by atoms with Crippen molar-refractivity contribution in [2.24, 2.45) is 0 Å². The van der Waals surface area contributed by atoms with Crippen LogP contribution in [-0.2, 0) is 24.4 Å². The summed E-state index contributed by atoms with van der Waals surface area (Å²) in [5, 5.41) is 5.78. The van der Waals surface area contributed by atoms with Gasteiger partial charge in [0.05, 0.1) is 12.3 Å². The Hall–Kier alpha value is -2.46. The van der Waals surface area contributed by atoms with Crippen molar-refractivity contribution in [1.29, 1.82) is 0 Å². The molecule has 1 heterocycles. The molecule has 3 amide bonds. The van der Waals surface area contributed by atoms with E-state index in [1.165, 1.54) is 18.7 Å². The van der Waals surface area contributed by atoms with Crippen LogP contribution in [0.25, 0.3) is 0 Å². The van der Waals surface area contributed by atoms with Crippen LogP contribution in [-0.4, -0.2) is 60.9 Å². The Balaban J connectivity index is 1.95. The van der Waals surface area contributed by atoms with Crippen LogP contribution in [0, 0.1) is 0 Å². The van der Waals surface area contributed by atoms with E-state index >= 15 is 0 Å². The molecule has 9 nitrogen and oxygen atoms in total. The monoisotopic (exact) mass is 478 g/mol. The van der Waals surface area contributed by atoms with Gasteiger partial charge in [-0.15, -0.1) is 0 Å². The number of hydrogen-bond donors (Lipinski definition) is 2. The SMILES string of the molecule is CCS(=O)(=O)N1CC(=O)N(c2ccc(NC(C)=O)cc2)[C@@](C)(C(=O)NC2CCCCCC2)C1. The molecule has 2 aliphatic rings. The predicted molar refractivity (Wildman–Crippen MR) is 127 cm³/mol. The van der Waals surface area contributed by atoms with Crippen molar-refractivity contribution in [2.45, 2.75) is 70.9 Å². The minimum atomic E-state index is -3.67. The third-order valence-corrected chi connectivity index (χ3v) is 8.20. The highest BCUT2D eigenvalue weighted by Gasteiger charge is 2.51. The fraction of sp³-hybridized carbons (Fsp3) is 0.609. The summed E-state index contributed by atoms with van der Waals surface area (Å²) >= 11 is 0. The Labute approximate surface area is 195 Å². The highest BCUT2D eigenvalue weighted by molar-refractivity contribution is 7.89. The Kier molecular flexibility index (Phi) is 7.79. The summed E-state index contributed by atoms with van der Waals surface area (Å²) in [5.74, 6) is -1.19. The highest BCUT2D eigenvalue weighted by Crippen LogP contribution is 2.32. The van der Waals surface area contributed by atoms with E-state index in [0.29, 0.717) is 11.4 Å². The zero-order valence-electron chi connectivity index (χ0n) is 19.6. The predicted octanol–water partition coefficient (Wildman–Crippen LogP) is 2.24. The van der Waals surface area contributed by atoms with Gasteiger partial charge in [-0.25, -0.2) is 8.42 Å². The van der Waals surface area contributed by atoms with Gasteiger partial charge in [-0.2, -0.15) is 4.31 Å². The summed E-state index contributed by atoms with van der Waals surface area (Å²) in [4.78, 5) is 39.6. The van der Waals surface area contributed by atoms with Crippen LogP contribution in [0.2, 0.25) is 0 Å². The largest absolute Gasteiger partial charge is 0.351 e. The number of nitrogens with one attached hydrogen (secondary N) is 2. The van der Waals surface area contributed by atoms with Gasteiger partial charge < -0.3 is 10.6 Å². The van der Waals surface area contributed by atoms with Crippen molar-refractivity contribution < 1.29 is 22.8 Å².